The van der Waals surface area contributed by atoms with Crippen molar-refractivity contribution >= 4 is 10.0 Å². The van der Waals surface area contributed by atoms with Gasteiger partial charge in [-0.2, -0.15) is 0 Å². The van der Waals surface area contributed by atoms with Crippen LogP contribution in [-0.2, 0) is 23.1 Å². The van der Waals surface area contributed by atoms with E-state index in [0.29, 0.717) is 17.9 Å². The highest BCUT2D eigenvalue weighted by molar-refractivity contribution is 7.89. The first-order valence-corrected chi connectivity index (χ1v) is 8.53. The quantitative estimate of drug-likeness (QED) is 0.812. The van der Waals surface area contributed by atoms with Gasteiger partial charge in [0.2, 0.25) is 10.0 Å². The predicted octanol–water partition coefficient (Wildman–Crippen LogP) is 2.45. The number of rotatable bonds is 7. The summed E-state index contributed by atoms with van der Waals surface area (Å²) >= 11 is 0. The summed E-state index contributed by atoms with van der Waals surface area (Å²) in [6.07, 6.45) is 1.43. The molecule has 0 amide bonds. The van der Waals surface area contributed by atoms with Crippen molar-refractivity contribution in [3.05, 3.63) is 29.3 Å². The van der Waals surface area contributed by atoms with Crippen LogP contribution in [0.5, 0.6) is 0 Å². The van der Waals surface area contributed by atoms with E-state index in [2.05, 4.69) is 18.6 Å². The van der Waals surface area contributed by atoms with Crippen LogP contribution < -0.4 is 4.72 Å². The zero-order valence-corrected chi connectivity index (χ0v) is 13.5. The van der Waals surface area contributed by atoms with Gasteiger partial charge in [0.05, 0.1) is 11.5 Å². The fourth-order valence-corrected chi connectivity index (χ4v) is 3.94. The second-order valence-electron chi connectivity index (χ2n) is 5.61. The normalized spacial score (nSPS) is 13.7. The zero-order valence-electron chi connectivity index (χ0n) is 12.7. The highest BCUT2D eigenvalue weighted by atomic mass is 32.2. The SMILES string of the molecule is CCc1ccc(CO)cc1S(=O)(=O)NC(C)CC(C)C. The molecule has 0 heterocycles. The minimum atomic E-state index is -3.54. The van der Waals surface area contributed by atoms with Gasteiger partial charge in [-0.25, -0.2) is 13.1 Å². The Morgan fingerprint density at radius 3 is 2.40 bits per heavy atom. The van der Waals surface area contributed by atoms with Crippen LogP contribution in [0.2, 0.25) is 0 Å². The summed E-state index contributed by atoms with van der Waals surface area (Å²) in [5.41, 5.74) is 1.38. The molecule has 0 aromatic heterocycles. The lowest BCUT2D eigenvalue weighted by Crippen LogP contribution is -2.34. The second-order valence-corrected chi connectivity index (χ2v) is 7.29. The Bertz CT molecular complexity index is 538. The van der Waals surface area contributed by atoms with Crippen LogP contribution in [0.3, 0.4) is 0 Å². The van der Waals surface area contributed by atoms with Gasteiger partial charge in [0.25, 0.3) is 0 Å². The first-order valence-electron chi connectivity index (χ1n) is 7.05. The van der Waals surface area contributed by atoms with E-state index in [1.54, 1.807) is 18.2 Å². The summed E-state index contributed by atoms with van der Waals surface area (Å²) in [7, 11) is -3.54. The predicted molar refractivity (Wildman–Crippen MR) is 81.0 cm³/mol. The van der Waals surface area contributed by atoms with Crippen molar-refractivity contribution in [2.24, 2.45) is 5.92 Å². The molecule has 5 heteroatoms. The fourth-order valence-electron chi connectivity index (χ4n) is 2.32. The highest BCUT2D eigenvalue weighted by Crippen LogP contribution is 2.20. The van der Waals surface area contributed by atoms with E-state index in [4.69, 9.17) is 0 Å². The van der Waals surface area contributed by atoms with E-state index < -0.39 is 10.0 Å². The number of sulfonamides is 1. The lowest BCUT2D eigenvalue weighted by atomic mass is 10.1. The van der Waals surface area contributed by atoms with Crippen molar-refractivity contribution in [1.82, 2.24) is 4.72 Å². The molecule has 0 bridgehead atoms. The minimum Gasteiger partial charge on any atom is -0.392 e. The summed E-state index contributed by atoms with van der Waals surface area (Å²) in [4.78, 5) is 0.280. The third-order valence-electron chi connectivity index (χ3n) is 3.17. The van der Waals surface area contributed by atoms with E-state index >= 15 is 0 Å². The molecule has 1 unspecified atom stereocenters. The highest BCUT2D eigenvalue weighted by Gasteiger charge is 2.21. The van der Waals surface area contributed by atoms with Gasteiger partial charge in [-0.15, -0.1) is 0 Å². The average molecular weight is 299 g/mol. The van der Waals surface area contributed by atoms with Crippen molar-refractivity contribution < 1.29 is 13.5 Å². The molecular weight excluding hydrogens is 274 g/mol. The first kappa shape index (κ1) is 17.1. The minimum absolute atomic E-state index is 0.109. The monoisotopic (exact) mass is 299 g/mol. The zero-order chi connectivity index (χ0) is 15.3. The molecule has 0 radical (unpaired) electrons. The summed E-state index contributed by atoms with van der Waals surface area (Å²) in [6, 6.07) is 4.98. The van der Waals surface area contributed by atoms with Crippen molar-refractivity contribution in [2.75, 3.05) is 0 Å². The number of hydrogen-bond acceptors (Lipinski definition) is 3. The second kappa shape index (κ2) is 7.20. The Labute approximate surface area is 122 Å². The standard InChI is InChI=1S/C15H25NO3S/c1-5-14-7-6-13(10-17)9-15(14)20(18,19)16-12(4)8-11(2)3/h6-7,9,11-12,16-17H,5,8,10H2,1-4H3. The number of aryl methyl sites for hydroxylation is 1. The fraction of sp³-hybridized carbons (Fsp3) is 0.600. The van der Waals surface area contributed by atoms with Crippen LogP contribution in [0.4, 0.5) is 0 Å². The van der Waals surface area contributed by atoms with E-state index in [1.807, 2.05) is 13.8 Å². The van der Waals surface area contributed by atoms with E-state index in [0.717, 1.165) is 12.0 Å². The van der Waals surface area contributed by atoms with Gasteiger partial charge in [0, 0.05) is 6.04 Å². The molecule has 0 aliphatic rings. The number of aliphatic hydroxyl groups excluding tert-OH is 1. The molecule has 1 aromatic carbocycles. The van der Waals surface area contributed by atoms with Gasteiger partial charge >= 0.3 is 0 Å². The largest absolute Gasteiger partial charge is 0.392 e. The molecule has 1 rings (SSSR count). The van der Waals surface area contributed by atoms with E-state index in [1.165, 1.54) is 0 Å². The average Bonchev–Trinajstić information content (AvgIpc) is 2.36. The van der Waals surface area contributed by atoms with Crippen molar-refractivity contribution in [1.29, 1.82) is 0 Å². The summed E-state index contributed by atoms with van der Waals surface area (Å²) < 4.78 is 27.7. The van der Waals surface area contributed by atoms with E-state index in [-0.39, 0.29) is 17.5 Å². The lowest BCUT2D eigenvalue weighted by Gasteiger charge is -2.18. The van der Waals surface area contributed by atoms with Crippen molar-refractivity contribution in [3.8, 4) is 0 Å². The maximum absolute atomic E-state index is 12.5. The summed E-state index contributed by atoms with van der Waals surface area (Å²) in [5, 5.41) is 9.18. The Kier molecular flexibility index (Phi) is 6.17. The molecule has 2 N–H and O–H groups in total. The molecule has 0 saturated carbocycles. The summed E-state index contributed by atoms with van der Waals surface area (Å²) in [5.74, 6) is 0.433. The smallest absolute Gasteiger partial charge is 0.241 e. The van der Waals surface area contributed by atoms with Gasteiger partial charge in [0.1, 0.15) is 0 Å². The molecule has 20 heavy (non-hydrogen) atoms. The maximum Gasteiger partial charge on any atom is 0.241 e. The molecule has 4 nitrogen and oxygen atoms in total. The van der Waals surface area contributed by atoms with Gasteiger partial charge in [-0.05, 0) is 42.9 Å². The van der Waals surface area contributed by atoms with Crippen molar-refractivity contribution in [3.63, 3.8) is 0 Å². The van der Waals surface area contributed by atoms with E-state index in [9.17, 15) is 13.5 Å². The van der Waals surface area contributed by atoms with Crippen LogP contribution >= 0.6 is 0 Å². The van der Waals surface area contributed by atoms with Gasteiger partial charge < -0.3 is 5.11 Å². The summed E-state index contributed by atoms with van der Waals surface area (Å²) in [6.45, 7) is 7.76. The van der Waals surface area contributed by atoms with Crippen LogP contribution in [0, 0.1) is 5.92 Å². The van der Waals surface area contributed by atoms with Gasteiger partial charge in [-0.1, -0.05) is 32.9 Å². The Hall–Kier alpha value is -0.910. The van der Waals surface area contributed by atoms with Crippen LogP contribution in [0.25, 0.3) is 0 Å². The van der Waals surface area contributed by atoms with Crippen LogP contribution in [0.1, 0.15) is 45.2 Å². The molecular formula is C15H25NO3S. The van der Waals surface area contributed by atoms with Crippen LogP contribution in [-0.4, -0.2) is 19.6 Å². The Morgan fingerprint density at radius 2 is 1.90 bits per heavy atom. The van der Waals surface area contributed by atoms with Crippen molar-refractivity contribution in [2.45, 2.75) is 58.1 Å². The third kappa shape index (κ3) is 4.58. The van der Waals surface area contributed by atoms with Gasteiger partial charge in [0.15, 0.2) is 0 Å². The molecule has 0 aliphatic carbocycles. The number of aliphatic hydroxyl groups is 1. The molecule has 1 aromatic rings. The third-order valence-corrected chi connectivity index (χ3v) is 4.84. The Morgan fingerprint density at radius 1 is 1.25 bits per heavy atom. The molecule has 0 fully saturated rings. The topological polar surface area (TPSA) is 66.4 Å². The first-order chi connectivity index (χ1) is 9.30. The molecule has 0 aliphatic heterocycles. The Balaban J connectivity index is 3.07. The number of hydrogen-bond donors (Lipinski definition) is 2. The molecule has 1 atom stereocenters. The number of nitrogens with one attached hydrogen (secondary N) is 1. The molecule has 114 valence electrons. The lowest BCUT2D eigenvalue weighted by molar-refractivity contribution is 0.281. The molecule has 0 saturated heterocycles. The maximum atomic E-state index is 12.5. The van der Waals surface area contributed by atoms with Crippen LogP contribution in [0.15, 0.2) is 23.1 Å². The van der Waals surface area contributed by atoms with Gasteiger partial charge in [-0.3, -0.25) is 0 Å². The molecule has 0 spiro atoms. The number of benzene rings is 1.